The van der Waals surface area contributed by atoms with E-state index in [0.29, 0.717) is 5.56 Å². The van der Waals surface area contributed by atoms with E-state index in [0.717, 1.165) is 0 Å². The fraction of sp³-hybridized carbons (Fsp3) is 0.0667. The standard InChI is InChI=1S/C15H10Cl2N4O3/c16-10-5-6-12(17)19-14(10)15(23)21-20-13(22)8-24-11-4-2-1-3-9(11)7-18/h1-6H,8H2,(H,20,22)(H,21,23). The maximum Gasteiger partial charge on any atom is 0.289 e. The first-order valence-corrected chi connectivity index (χ1v) is 7.30. The third kappa shape index (κ3) is 4.59. The summed E-state index contributed by atoms with van der Waals surface area (Å²) in [5.41, 5.74) is 4.46. The van der Waals surface area contributed by atoms with Gasteiger partial charge in [-0.25, -0.2) is 4.98 Å². The summed E-state index contributed by atoms with van der Waals surface area (Å²) in [6, 6.07) is 11.2. The van der Waals surface area contributed by atoms with Crippen molar-refractivity contribution in [3.63, 3.8) is 0 Å². The van der Waals surface area contributed by atoms with E-state index in [9.17, 15) is 9.59 Å². The highest BCUT2D eigenvalue weighted by Crippen LogP contribution is 2.17. The summed E-state index contributed by atoms with van der Waals surface area (Å²) in [6.07, 6.45) is 0. The fourth-order valence-electron chi connectivity index (χ4n) is 1.63. The van der Waals surface area contributed by atoms with Crippen LogP contribution in [0, 0.1) is 11.3 Å². The van der Waals surface area contributed by atoms with E-state index in [4.69, 9.17) is 33.2 Å². The summed E-state index contributed by atoms with van der Waals surface area (Å²) in [5.74, 6) is -1.09. The van der Waals surface area contributed by atoms with Gasteiger partial charge in [-0.3, -0.25) is 20.4 Å². The van der Waals surface area contributed by atoms with Crippen LogP contribution in [0.15, 0.2) is 36.4 Å². The number of amides is 2. The van der Waals surface area contributed by atoms with Gasteiger partial charge in [-0.05, 0) is 24.3 Å². The molecule has 7 nitrogen and oxygen atoms in total. The minimum Gasteiger partial charge on any atom is -0.482 e. The normalized spacial score (nSPS) is 9.71. The number of carbonyl (C=O) groups excluding carboxylic acids is 2. The minimum atomic E-state index is -0.728. The molecule has 1 aromatic heterocycles. The van der Waals surface area contributed by atoms with Gasteiger partial charge in [0, 0.05) is 0 Å². The molecule has 0 aliphatic heterocycles. The van der Waals surface area contributed by atoms with Gasteiger partial charge in [0.15, 0.2) is 6.61 Å². The Morgan fingerprint density at radius 3 is 2.67 bits per heavy atom. The first-order valence-electron chi connectivity index (χ1n) is 6.54. The Kier molecular flexibility index (Phi) is 5.95. The van der Waals surface area contributed by atoms with E-state index in [2.05, 4.69) is 15.8 Å². The van der Waals surface area contributed by atoms with E-state index in [1.165, 1.54) is 12.1 Å². The van der Waals surface area contributed by atoms with Gasteiger partial charge >= 0.3 is 0 Å². The number of rotatable bonds is 4. The number of para-hydroxylation sites is 1. The predicted molar refractivity (Wildman–Crippen MR) is 86.5 cm³/mol. The van der Waals surface area contributed by atoms with Crippen molar-refractivity contribution in [2.75, 3.05) is 6.61 Å². The van der Waals surface area contributed by atoms with Gasteiger partial charge in [0.1, 0.15) is 22.7 Å². The number of benzene rings is 1. The smallest absolute Gasteiger partial charge is 0.289 e. The number of hydrogen-bond acceptors (Lipinski definition) is 5. The van der Waals surface area contributed by atoms with Gasteiger partial charge in [-0.15, -0.1) is 0 Å². The zero-order valence-electron chi connectivity index (χ0n) is 12.0. The number of nitrogens with zero attached hydrogens (tertiary/aromatic N) is 2. The lowest BCUT2D eigenvalue weighted by Crippen LogP contribution is -2.44. The van der Waals surface area contributed by atoms with Crippen LogP contribution in [0.25, 0.3) is 0 Å². The molecule has 0 aliphatic rings. The van der Waals surface area contributed by atoms with E-state index in [1.54, 1.807) is 24.3 Å². The minimum absolute atomic E-state index is 0.0883. The Bertz CT molecular complexity index is 821. The molecule has 2 aromatic rings. The molecule has 0 fully saturated rings. The molecule has 0 atom stereocenters. The SMILES string of the molecule is N#Cc1ccccc1OCC(=O)NNC(=O)c1nc(Cl)ccc1Cl. The lowest BCUT2D eigenvalue weighted by molar-refractivity contribution is -0.123. The molecule has 9 heteroatoms. The Balaban J connectivity index is 1.88. The Labute approximate surface area is 147 Å². The number of halogens is 2. The fourth-order valence-corrected chi connectivity index (χ4v) is 1.97. The summed E-state index contributed by atoms with van der Waals surface area (Å²) >= 11 is 11.5. The third-order valence-corrected chi connectivity index (χ3v) is 3.22. The average molecular weight is 365 g/mol. The van der Waals surface area contributed by atoms with Crippen LogP contribution < -0.4 is 15.6 Å². The van der Waals surface area contributed by atoms with Crippen LogP contribution in [0.3, 0.4) is 0 Å². The van der Waals surface area contributed by atoms with Crippen LogP contribution in [-0.2, 0) is 4.79 Å². The van der Waals surface area contributed by atoms with Crippen LogP contribution in [0.4, 0.5) is 0 Å². The number of carbonyl (C=O) groups is 2. The molecular formula is C15H10Cl2N4O3. The van der Waals surface area contributed by atoms with E-state index >= 15 is 0 Å². The predicted octanol–water partition coefficient (Wildman–Crippen LogP) is 2.10. The average Bonchev–Trinajstić information content (AvgIpc) is 2.60. The van der Waals surface area contributed by atoms with Crippen molar-refractivity contribution in [3.05, 3.63) is 57.8 Å². The molecule has 24 heavy (non-hydrogen) atoms. The molecule has 0 unspecified atom stereocenters. The molecule has 0 saturated carbocycles. The first-order chi connectivity index (χ1) is 11.5. The lowest BCUT2D eigenvalue weighted by atomic mass is 10.2. The van der Waals surface area contributed by atoms with Crippen molar-refractivity contribution in [3.8, 4) is 11.8 Å². The van der Waals surface area contributed by atoms with Crippen molar-refractivity contribution in [1.82, 2.24) is 15.8 Å². The van der Waals surface area contributed by atoms with Crippen molar-refractivity contribution in [1.29, 1.82) is 5.26 Å². The quantitative estimate of drug-likeness (QED) is 0.638. The summed E-state index contributed by atoms with van der Waals surface area (Å²) in [5, 5.41) is 9.09. The summed E-state index contributed by atoms with van der Waals surface area (Å²) in [4.78, 5) is 27.3. The molecule has 0 bridgehead atoms. The molecule has 0 spiro atoms. The Morgan fingerprint density at radius 1 is 1.17 bits per heavy atom. The van der Waals surface area contributed by atoms with Gasteiger partial charge < -0.3 is 4.74 Å². The molecular weight excluding hydrogens is 355 g/mol. The van der Waals surface area contributed by atoms with Crippen LogP contribution in [0.2, 0.25) is 10.2 Å². The van der Waals surface area contributed by atoms with Crippen LogP contribution in [-0.4, -0.2) is 23.4 Å². The Morgan fingerprint density at radius 2 is 1.92 bits per heavy atom. The van der Waals surface area contributed by atoms with Gasteiger partial charge in [-0.1, -0.05) is 35.3 Å². The second-order valence-electron chi connectivity index (χ2n) is 4.36. The summed E-state index contributed by atoms with van der Waals surface area (Å²) < 4.78 is 5.22. The third-order valence-electron chi connectivity index (χ3n) is 2.71. The van der Waals surface area contributed by atoms with Crippen molar-refractivity contribution < 1.29 is 14.3 Å². The number of nitriles is 1. The maximum atomic E-state index is 11.9. The van der Waals surface area contributed by atoms with Gasteiger partial charge in [0.25, 0.3) is 11.8 Å². The molecule has 2 rings (SSSR count). The Hall–Kier alpha value is -2.82. The molecule has 1 heterocycles. The molecule has 2 amide bonds. The first kappa shape index (κ1) is 17.5. The highest BCUT2D eigenvalue weighted by molar-refractivity contribution is 6.34. The van der Waals surface area contributed by atoms with E-state index < -0.39 is 18.4 Å². The molecule has 122 valence electrons. The number of aromatic nitrogens is 1. The van der Waals surface area contributed by atoms with E-state index in [1.807, 2.05) is 6.07 Å². The summed E-state index contributed by atoms with van der Waals surface area (Å²) in [7, 11) is 0. The topological polar surface area (TPSA) is 104 Å². The number of hydrazine groups is 1. The van der Waals surface area contributed by atoms with Gasteiger partial charge in [0.2, 0.25) is 0 Å². The van der Waals surface area contributed by atoms with Crippen molar-refractivity contribution >= 4 is 35.0 Å². The largest absolute Gasteiger partial charge is 0.482 e. The monoisotopic (exact) mass is 364 g/mol. The van der Waals surface area contributed by atoms with Crippen molar-refractivity contribution in [2.45, 2.75) is 0 Å². The summed E-state index contributed by atoms with van der Waals surface area (Å²) in [6.45, 7) is -0.393. The second-order valence-corrected chi connectivity index (χ2v) is 5.16. The maximum absolute atomic E-state index is 11.9. The van der Waals surface area contributed by atoms with Crippen LogP contribution in [0.5, 0.6) is 5.75 Å². The zero-order valence-corrected chi connectivity index (χ0v) is 13.6. The van der Waals surface area contributed by atoms with Crippen LogP contribution in [0.1, 0.15) is 16.1 Å². The number of pyridine rings is 1. The number of nitrogens with one attached hydrogen (secondary N) is 2. The van der Waals surface area contributed by atoms with Crippen LogP contribution >= 0.6 is 23.2 Å². The lowest BCUT2D eigenvalue weighted by Gasteiger charge is -2.10. The molecule has 0 aliphatic carbocycles. The zero-order chi connectivity index (χ0) is 17.5. The molecule has 0 radical (unpaired) electrons. The molecule has 2 N–H and O–H groups in total. The number of hydrogen-bond donors (Lipinski definition) is 2. The highest BCUT2D eigenvalue weighted by atomic mass is 35.5. The molecule has 1 aromatic carbocycles. The van der Waals surface area contributed by atoms with Crippen molar-refractivity contribution in [2.24, 2.45) is 0 Å². The highest BCUT2D eigenvalue weighted by Gasteiger charge is 2.14. The van der Waals surface area contributed by atoms with Gasteiger partial charge in [-0.2, -0.15) is 5.26 Å². The van der Waals surface area contributed by atoms with Gasteiger partial charge in [0.05, 0.1) is 10.6 Å². The molecule has 0 saturated heterocycles. The van der Waals surface area contributed by atoms with E-state index in [-0.39, 0.29) is 21.6 Å². The second kappa shape index (κ2) is 8.15. The number of ether oxygens (including phenoxy) is 1.